The first-order valence-corrected chi connectivity index (χ1v) is 12.7. The highest BCUT2D eigenvalue weighted by molar-refractivity contribution is 9.10. The van der Waals surface area contributed by atoms with Crippen LogP contribution in [0.1, 0.15) is 51.7 Å². The number of ether oxygens (including phenoxy) is 1. The first-order valence-electron chi connectivity index (χ1n) is 11.1. The van der Waals surface area contributed by atoms with Gasteiger partial charge in [-0.3, -0.25) is 9.59 Å². The fourth-order valence-corrected chi connectivity index (χ4v) is 4.31. The van der Waals surface area contributed by atoms with Gasteiger partial charge in [0.2, 0.25) is 5.91 Å². The summed E-state index contributed by atoms with van der Waals surface area (Å²) in [4.78, 5) is 27.9. The number of hydrogen-bond acceptors (Lipinski definition) is 3. The number of carbonyl (C=O) groups excluding carboxylic acids is 2. The van der Waals surface area contributed by atoms with Gasteiger partial charge < -0.3 is 15.0 Å². The van der Waals surface area contributed by atoms with Gasteiger partial charge in [-0.15, -0.1) is 0 Å². The van der Waals surface area contributed by atoms with Crippen LogP contribution in [-0.2, 0) is 22.6 Å². The van der Waals surface area contributed by atoms with Crippen LogP contribution in [0.4, 0.5) is 0 Å². The normalized spacial score (nSPS) is 12.7. The van der Waals surface area contributed by atoms with E-state index in [-0.39, 0.29) is 31.0 Å². The summed E-state index contributed by atoms with van der Waals surface area (Å²) in [6.45, 7) is 7.85. The highest BCUT2D eigenvalue weighted by atomic mass is 79.9. The average Bonchev–Trinajstić information content (AvgIpc) is 2.79. The number of rotatable bonds is 11. The standard InChI is InChI=1S/C25H31BrCl2N2O3/c1-5-16(4)29-25(32)22(7-3)30(14-18-9-10-19(27)13-21(18)28)24(31)15-33-23-11-8-17(6-2)12-20(23)26/h8-13,16,22H,5-7,14-15H2,1-4H3,(H,29,32)/t16-,22+/m0/s1. The number of halogens is 3. The van der Waals surface area contributed by atoms with Crippen LogP contribution in [0, 0.1) is 0 Å². The molecule has 2 rings (SSSR count). The van der Waals surface area contributed by atoms with Crippen LogP contribution in [0.25, 0.3) is 0 Å². The minimum atomic E-state index is -0.659. The maximum absolute atomic E-state index is 13.3. The predicted molar refractivity (Wildman–Crippen MR) is 138 cm³/mol. The predicted octanol–water partition coefficient (Wildman–Crippen LogP) is 6.42. The maximum Gasteiger partial charge on any atom is 0.261 e. The van der Waals surface area contributed by atoms with Crippen LogP contribution in [0.15, 0.2) is 40.9 Å². The summed E-state index contributed by atoms with van der Waals surface area (Å²) in [6, 6.07) is 10.2. The van der Waals surface area contributed by atoms with Crippen molar-refractivity contribution in [3.8, 4) is 5.75 Å². The van der Waals surface area contributed by atoms with Crippen LogP contribution in [0.3, 0.4) is 0 Å². The molecule has 8 heteroatoms. The van der Waals surface area contributed by atoms with Crippen LogP contribution in [0.5, 0.6) is 5.75 Å². The number of carbonyl (C=O) groups is 2. The minimum absolute atomic E-state index is 0.00640. The number of aryl methyl sites for hydroxylation is 1. The number of nitrogens with zero attached hydrogens (tertiary/aromatic N) is 1. The molecule has 2 atom stereocenters. The van der Waals surface area contributed by atoms with E-state index in [1.54, 1.807) is 18.2 Å². The number of hydrogen-bond donors (Lipinski definition) is 1. The molecule has 0 aromatic heterocycles. The van der Waals surface area contributed by atoms with Crippen molar-refractivity contribution in [3.63, 3.8) is 0 Å². The molecule has 0 aliphatic carbocycles. The van der Waals surface area contributed by atoms with E-state index >= 15 is 0 Å². The van der Waals surface area contributed by atoms with Gasteiger partial charge in [-0.2, -0.15) is 0 Å². The van der Waals surface area contributed by atoms with E-state index in [2.05, 4.69) is 28.2 Å². The summed E-state index contributed by atoms with van der Waals surface area (Å²) >= 11 is 15.9. The molecule has 0 bridgehead atoms. The second-order valence-electron chi connectivity index (χ2n) is 7.91. The summed E-state index contributed by atoms with van der Waals surface area (Å²) in [5, 5.41) is 3.93. The monoisotopic (exact) mass is 556 g/mol. The summed E-state index contributed by atoms with van der Waals surface area (Å²) in [5.74, 6) is 0.0690. The van der Waals surface area contributed by atoms with E-state index < -0.39 is 6.04 Å². The fraction of sp³-hybridized carbons (Fsp3) is 0.440. The minimum Gasteiger partial charge on any atom is -0.483 e. The molecule has 1 N–H and O–H groups in total. The van der Waals surface area contributed by atoms with Crippen molar-refractivity contribution in [1.82, 2.24) is 10.2 Å². The Morgan fingerprint density at radius 2 is 1.82 bits per heavy atom. The molecule has 0 aliphatic rings. The van der Waals surface area contributed by atoms with Crippen LogP contribution < -0.4 is 10.1 Å². The average molecular weight is 558 g/mol. The molecule has 0 radical (unpaired) electrons. The molecule has 0 saturated heterocycles. The Balaban J connectivity index is 2.27. The molecule has 2 amide bonds. The molecule has 0 unspecified atom stereocenters. The van der Waals surface area contributed by atoms with E-state index in [1.807, 2.05) is 39.0 Å². The topological polar surface area (TPSA) is 58.6 Å². The zero-order valence-corrected chi connectivity index (χ0v) is 22.6. The molecule has 0 fully saturated rings. The second kappa shape index (κ2) is 13.2. The zero-order valence-electron chi connectivity index (χ0n) is 19.5. The first-order chi connectivity index (χ1) is 15.7. The van der Waals surface area contributed by atoms with Gasteiger partial charge >= 0.3 is 0 Å². The molecule has 0 saturated carbocycles. The van der Waals surface area contributed by atoms with E-state index in [0.29, 0.717) is 27.8 Å². The van der Waals surface area contributed by atoms with E-state index in [1.165, 1.54) is 4.90 Å². The van der Waals surface area contributed by atoms with E-state index in [0.717, 1.165) is 22.9 Å². The first kappa shape index (κ1) is 27.5. The van der Waals surface area contributed by atoms with Crippen molar-refractivity contribution in [2.24, 2.45) is 0 Å². The molecule has 2 aromatic rings. The largest absolute Gasteiger partial charge is 0.483 e. The highest BCUT2D eigenvalue weighted by Gasteiger charge is 2.30. The van der Waals surface area contributed by atoms with E-state index in [9.17, 15) is 9.59 Å². The Hall–Kier alpha value is -1.76. The molecule has 180 valence electrons. The van der Waals surface area contributed by atoms with Gasteiger partial charge in [-0.1, -0.05) is 56.1 Å². The molecular formula is C25H31BrCl2N2O3. The molecule has 0 spiro atoms. The number of benzene rings is 2. The lowest BCUT2D eigenvalue weighted by molar-refractivity contribution is -0.143. The van der Waals surface area contributed by atoms with Crippen LogP contribution in [0.2, 0.25) is 10.0 Å². The van der Waals surface area contributed by atoms with Gasteiger partial charge in [0.15, 0.2) is 6.61 Å². The van der Waals surface area contributed by atoms with Gasteiger partial charge in [0.25, 0.3) is 5.91 Å². The molecule has 5 nitrogen and oxygen atoms in total. The molecule has 0 aliphatic heterocycles. The highest BCUT2D eigenvalue weighted by Crippen LogP contribution is 2.27. The molecule has 0 heterocycles. The van der Waals surface area contributed by atoms with Crippen molar-refractivity contribution in [2.75, 3.05) is 6.61 Å². The lowest BCUT2D eigenvalue weighted by Crippen LogP contribution is -2.51. The summed E-state index contributed by atoms with van der Waals surface area (Å²) in [5.41, 5.74) is 1.87. The summed E-state index contributed by atoms with van der Waals surface area (Å²) < 4.78 is 6.60. The molecule has 33 heavy (non-hydrogen) atoms. The van der Waals surface area contributed by atoms with Gasteiger partial charge in [-0.05, 0) is 77.5 Å². The third-order valence-electron chi connectivity index (χ3n) is 5.50. The Kier molecular flexibility index (Phi) is 11.0. The molecular weight excluding hydrogens is 527 g/mol. The Morgan fingerprint density at radius 3 is 2.39 bits per heavy atom. The zero-order chi connectivity index (χ0) is 24.5. The van der Waals surface area contributed by atoms with Crippen molar-refractivity contribution in [2.45, 2.75) is 65.6 Å². The second-order valence-corrected chi connectivity index (χ2v) is 9.60. The smallest absolute Gasteiger partial charge is 0.261 e. The van der Waals surface area contributed by atoms with Gasteiger partial charge in [-0.25, -0.2) is 0 Å². The summed E-state index contributed by atoms with van der Waals surface area (Å²) in [7, 11) is 0. The maximum atomic E-state index is 13.3. The lowest BCUT2D eigenvalue weighted by atomic mass is 10.1. The number of amides is 2. The van der Waals surface area contributed by atoms with Crippen molar-refractivity contribution >= 4 is 50.9 Å². The Bertz CT molecular complexity index is 971. The van der Waals surface area contributed by atoms with Gasteiger partial charge in [0, 0.05) is 22.6 Å². The van der Waals surface area contributed by atoms with Crippen molar-refractivity contribution in [1.29, 1.82) is 0 Å². The lowest BCUT2D eigenvalue weighted by Gasteiger charge is -2.31. The van der Waals surface area contributed by atoms with Crippen molar-refractivity contribution in [3.05, 3.63) is 62.0 Å². The third kappa shape index (κ3) is 7.90. The van der Waals surface area contributed by atoms with Gasteiger partial charge in [0.05, 0.1) is 4.47 Å². The Labute approximate surface area is 214 Å². The van der Waals surface area contributed by atoms with Crippen LogP contribution >= 0.6 is 39.1 Å². The van der Waals surface area contributed by atoms with Crippen LogP contribution in [-0.4, -0.2) is 35.4 Å². The Morgan fingerprint density at radius 1 is 1.09 bits per heavy atom. The molecule has 2 aromatic carbocycles. The van der Waals surface area contributed by atoms with Crippen molar-refractivity contribution < 1.29 is 14.3 Å². The van der Waals surface area contributed by atoms with E-state index in [4.69, 9.17) is 27.9 Å². The number of nitrogens with one attached hydrogen (secondary N) is 1. The van der Waals surface area contributed by atoms with Gasteiger partial charge in [0.1, 0.15) is 11.8 Å². The third-order valence-corrected chi connectivity index (χ3v) is 6.71. The quantitative estimate of drug-likeness (QED) is 0.347. The SMILES string of the molecule is CCc1ccc(OCC(=O)N(Cc2ccc(Cl)cc2Cl)[C@H](CC)C(=O)N[C@@H](C)CC)c(Br)c1. The summed E-state index contributed by atoms with van der Waals surface area (Å²) in [6.07, 6.45) is 2.15. The fourth-order valence-electron chi connectivity index (χ4n) is 3.30.